The summed E-state index contributed by atoms with van der Waals surface area (Å²) in [5.74, 6) is 0. The number of thiophene rings is 1. The predicted octanol–water partition coefficient (Wildman–Crippen LogP) is 2.17. The van der Waals surface area contributed by atoms with Crippen LogP contribution in [0.15, 0.2) is 16.8 Å². The fourth-order valence-corrected chi connectivity index (χ4v) is 0.998. The summed E-state index contributed by atoms with van der Waals surface area (Å²) in [7, 11) is 0. The van der Waals surface area contributed by atoms with Crippen LogP contribution in [0.5, 0.6) is 0 Å². The van der Waals surface area contributed by atoms with E-state index in [1.807, 2.05) is 0 Å². The molecule has 0 radical (unpaired) electrons. The van der Waals surface area contributed by atoms with Gasteiger partial charge in [0.1, 0.15) is 0 Å². The summed E-state index contributed by atoms with van der Waals surface area (Å²) in [6.07, 6.45) is 0. The molecule has 0 bridgehead atoms. The van der Waals surface area contributed by atoms with Gasteiger partial charge in [0, 0.05) is 0 Å². The molecule has 1 heterocycles. The Balaban J connectivity index is 0.000000360. The summed E-state index contributed by atoms with van der Waals surface area (Å²) in [4.78, 5) is 0. The molecule has 1 aromatic heterocycles. The van der Waals surface area contributed by atoms with Gasteiger partial charge in [0.2, 0.25) is 0 Å². The lowest BCUT2D eigenvalue weighted by atomic mass is 10.4. The second-order valence-electron chi connectivity index (χ2n) is 1.30. The average molecular weight is 99.2 g/mol. The minimum atomic E-state index is 0. The van der Waals surface area contributed by atoms with Gasteiger partial charge >= 0.3 is 1.43 Å². The van der Waals surface area contributed by atoms with Crippen LogP contribution in [0.3, 0.4) is 0 Å². The number of hydrogen-bond acceptors (Lipinski definition) is 1. The fourth-order valence-electron chi connectivity index (χ4n) is 0.333. The molecule has 0 N–H and O–H groups in total. The Kier molecular flexibility index (Phi) is 0.926. The summed E-state index contributed by atoms with van der Waals surface area (Å²) in [6, 6.07) is 2.10. The average Bonchev–Trinajstić information content (AvgIpc) is 1.86. The molecule has 0 aliphatic rings. The van der Waals surface area contributed by atoms with Crippen LogP contribution in [0.4, 0.5) is 0 Å². The lowest BCUT2D eigenvalue weighted by Crippen LogP contribution is -1.47. The molecule has 32 valence electrons. The summed E-state index contributed by atoms with van der Waals surface area (Å²) >= 11 is 1.74. The van der Waals surface area contributed by atoms with E-state index >= 15 is 0 Å². The van der Waals surface area contributed by atoms with Crippen molar-refractivity contribution < 1.29 is 1.43 Å². The maximum absolute atomic E-state index is 2.12. The summed E-state index contributed by atoms with van der Waals surface area (Å²) in [5, 5.41) is 4.20. The van der Waals surface area contributed by atoms with E-state index in [-0.39, 0.29) is 1.43 Å². The maximum atomic E-state index is 2.12. The van der Waals surface area contributed by atoms with Gasteiger partial charge in [-0.3, -0.25) is 0 Å². The van der Waals surface area contributed by atoms with Crippen LogP contribution in [0.2, 0.25) is 0 Å². The molecule has 0 spiro atoms. The molecule has 6 heavy (non-hydrogen) atoms. The van der Waals surface area contributed by atoms with Crippen LogP contribution >= 0.6 is 11.3 Å². The van der Waals surface area contributed by atoms with Crippen molar-refractivity contribution in [2.24, 2.45) is 0 Å². The predicted molar refractivity (Wildman–Crippen MR) is 30.2 cm³/mol. The molecule has 1 rings (SSSR count). The Morgan fingerprint density at radius 3 is 2.83 bits per heavy atom. The van der Waals surface area contributed by atoms with Gasteiger partial charge < -0.3 is 0 Å². The van der Waals surface area contributed by atoms with Crippen LogP contribution in [0.25, 0.3) is 0 Å². The highest BCUT2D eigenvalue weighted by Crippen LogP contribution is 2.01. The quantitative estimate of drug-likeness (QED) is 0.467. The minimum absolute atomic E-state index is 0. The number of rotatable bonds is 0. The first-order valence-corrected chi connectivity index (χ1v) is 2.82. The lowest BCUT2D eigenvalue weighted by molar-refractivity contribution is 1.56. The van der Waals surface area contributed by atoms with Crippen molar-refractivity contribution in [3.05, 3.63) is 22.4 Å². The van der Waals surface area contributed by atoms with Crippen LogP contribution in [-0.4, -0.2) is 0 Å². The third-order valence-corrected chi connectivity index (χ3v) is 1.46. The van der Waals surface area contributed by atoms with Crippen molar-refractivity contribution in [1.29, 1.82) is 0 Å². The van der Waals surface area contributed by atoms with E-state index in [1.165, 1.54) is 5.56 Å². The van der Waals surface area contributed by atoms with E-state index in [4.69, 9.17) is 0 Å². The van der Waals surface area contributed by atoms with Crippen molar-refractivity contribution in [3.63, 3.8) is 0 Å². The van der Waals surface area contributed by atoms with E-state index in [2.05, 4.69) is 23.8 Å². The fraction of sp³-hybridized carbons (Fsp3) is 0.200. The first-order valence-electron chi connectivity index (χ1n) is 1.88. The lowest BCUT2D eigenvalue weighted by Gasteiger charge is -1.65. The van der Waals surface area contributed by atoms with Gasteiger partial charge in [-0.1, -0.05) is 0 Å². The molecular weight excluding hydrogens is 92.1 g/mol. The first-order chi connectivity index (χ1) is 2.89. The summed E-state index contributed by atoms with van der Waals surface area (Å²) in [6.45, 7) is 2.09. The van der Waals surface area contributed by atoms with Gasteiger partial charge in [-0.2, -0.15) is 11.3 Å². The van der Waals surface area contributed by atoms with E-state index in [1.54, 1.807) is 11.3 Å². The highest BCUT2D eigenvalue weighted by Gasteiger charge is 1.74. The monoisotopic (exact) mass is 99.0 g/mol. The molecule has 0 nitrogen and oxygen atoms in total. The molecule has 0 amide bonds. The zero-order valence-electron chi connectivity index (χ0n) is 4.64. The van der Waals surface area contributed by atoms with E-state index in [9.17, 15) is 0 Å². The SMILES string of the molecule is Cc1ccsc1.[H+]. The van der Waals surface area contributed by atoms with Gasteiger partial charge in [-0.15, -0.1) is 0 Å². The zero-order chi connectivity index (χ0) is 4.41. The third-order valence-electron chi connectivity index (χ3n) is 0.663. The Morgan fingerprint density at radius 1 is 1.83 bits per heavy atom. The van der Waals surface area contributed by atoms with Crippen molar-refractivity contribution in [2.75, 3.05) is 0 Å². The molecule has 0 unspecified atom stereocenters. The van der Waals surface area contributed by atoms with Crippen molar-refractivity contribution in [3.8, 4) is 0 Å². The minimum Gasteiger partial charge on any atom is -0.152 e. The van der Waals surface area contributed by atoms with Crippen LogP contribution in [0, 0.1) is 6.92 Å². The highest BCUT2D eigenvalue weighted by atomic mass is 32.1. The van der Waals surface area contributed by atoms with Crippen LogP contribution in [-0.2, 0) is 0 Å². The van der Waals surface area contributed by atoms with Crippen molar-refractivity contribution in [1.82, 2.24) is 0 Å². The molecule has 0 aliphatic heterocycles. The molecule has 0 aromatic carbocycles. The smallest absolute Gasteiger partial charge is 0.152 e. The molecule has 0 atom stereocenters. The molecule has 0 fully saturated rings. The molecular formula is C5H7S+. The Morgan fingerprint density at radius 2 is 2.67 bits per heavy atom. The van der Waals surface area contributed by atoms with Gasteiger partial charge in [-0.25, -0.2) is 0 Å². The normalized spacial score (nSPS) is 8.83. The molecule has 0 aliphatic carbocycles. The van der Waals surface area contributed by atoms with Crippen LogP contribution < -0.4 is 0 Å². The van der Waals surface area contributed by atoms with Gasteiger partial charge in [0.15, 0.2) is 0 Å². The van der Waals surface area contributed by atoms with Crippen LogP contribution in [0.1, 0.15) is 6.99 Å². The van der Waals surface area contributed by atoms with Gasteiger partial charge in [-0.05, 0) is 29.3 Å². The van der Waals surface area contributed by atoms with Crippen molar-refractivity contribution in [2.45, 2.75) is 6.92 Å². The van der Waals surface area contributed by atoms with E-state index in [0.29, 0.717) is 0 Å². The largest absolute Gasteiger partial charge is 1.00 e. The molecule has 0 saturated carbocycles. The molecule has 1 heteroatoms. The summed E-state index contributed by atoms with van der Waals surface area (Å²) < 4.78 is 0. The highest BCUT2D eigenvalue weighted by molar-refractivity contribution is 7.07. The van der Waals surface area contributed by atoms with Gasteiger partial charge in [0.25, 0.3) is 0 Å². The molecule has 0 saturated heterocycles. The molecule has 1 aromatic rings. The zero-order valence-corrected chi connectivity index (χ0v) is 4.46. The summed E-state index contributed by atoms with van der Waals surface area (Å²) in [5.41, 5.74) is 1.36. The second kappa shape index (κ2) is 1.43. The standard InChI is InChI=1S/C5H6S/c1-5-2-3-6-4-5/h2-4H,1H3/p+1. The maximum Gasteiger partial charge on any atom is 1.00 e. The van der Waals surface area contributed by atoms with E-state index in [0.717, 1.165) is 0 Å². The van der Waals surface area contributed by atoms with E-state index < -0.39 is 0 Å². The number of aryl methyl sites for hydroxylation is 1. The van der Waals surface area contributed by atoms with Gasteiger partial charge in [0.05, 0.1) is 0 Å². The third kappa shape index (κ3) is 0.601. The van der Waals surface area contributed by atoms with Crippen molar-refractivity contribution >= 4 is 11.3 Å². The number of hydrogen-bond donors (Lipinski definition) is 0. The topological polar surface area (TPSA) is 0 Å². The Hall–Kier alpha value is -0.300. The Labute approximate surface area is 42.9 Å². The Bertz CT molecular complexity index is 112. The second-order valence-corrected chi connectivity index (χ2v) is 2.08. The first kappa shape index (κ1) is 3.88.